The molecule has 0 atom stereocenters. The zero-order chi connectivity index (χ0) is 10.0. The van der Waals surface area contributed by atoms with Crippen molar-refractivity contribution < 1.29 is 14.3 Å². The molecule has 13 heavy (non-hydrogen) atoms. The van der Waals surface area contributed by atoms with Crippen molar-refractivity contribution in [2.24, 2.45) is 0 Å². The van der Waals surface area contributed by atoms with E-state index in [0.717, 1.165) is 0 Å². The van der Waals surface area contributed by atoms with Gasteiger partial charge < -0.3 is 5.11 Å². The summed E-state index contributed by atoms with van der Waals surface area (Å²) in [5, 5.41) is 8.70. The van der Waals surface area contributed by atoms with Crippen LogP contribution < -0.4 is 0 Å². The molecule has 0 aliphatic carbocycles. The highest BCUT2D eigenvalue weighted by Crippen LogP contribution is 2.18. The third kappa shape index (κ3) is 1.59. The standard InChI is InChI=1S/C10H9FO2/c1-3-7-8(10(12)13)5-4-6(2)9(7)11/h3-5H,1H2,2H3,(H,12,13). The lowest BCUT2D eigenvalue weighted by Crippen LogP contribution is -2.02. The number of aryl methyl sites for hydroxylation is 1. The highest BCUT2D eigenvalue weighted by Gasteiger charge is 2.12. The predicted molar refractivity (Wildman–Crippen MR) is 48.2 cm³/mol. The lowest BCUT2D eigenvalue weighted by Gasteiger charge is -2.04. The monoisotopic (exact) mass is 180 g/mol. The van der Waals surface area contributed by atoms with Crippen molar-refractivity contribution >= 4 is 12.0 Å². The van der Waals surface area contributed by atoms with Gasteiger partial charge >= 0.3 is 5.97 Å². The molecular weight excluding hydrogens is 171 g/mol. The highest BCUT2D eigenvalue weighted by molar-refractivity contribution is 5.92. The normalized spacial score (nSPS) is 9.69. The van der Waals surface area contributed by atoms with Crippen LogP contribution in [0.1, 0.15) is 21.5 Å². The number of hydrogen-bond acceptors (Lipinski definition) is 1. The number of hydrogen-bond donors (Lipinski definition) is 1. The lowest BCUT2D eigenvalue weighted by molar-refractivity contribution is 0.0696. The Labute approximate surface area is 75.3 Å². The molecule has 1 aromatic carbocycles. The second-order valence-corrected chi connectivity index (χ2v) is 2.67. The van der Waals surface area contributed by atoms with Crippen LogP contribution in [0.15, 0.2) is 18.7 Å². The summed E-state index contributed by atoms with van der Waals surface area (Å²) in [5.41, 5.74) is 0.408. The third-order valence-electron chi connectivity index (χ3n) is 1.81. The molecule has 2 nitrogen and oxygen atoms in total. The maximum Gasteiger partial charge on any atom is 0.336 e. The van der Waals surface area contributed by atoms with E-state index in [1.54, 1.807) is 6.92 Å². The summed E-state index contributed by atoms with van der Waals surface area (Å²) in [6.45, 7) is 4.95. The van der Waals surface area contributed by atoms with Crippen LogP contribution in [0.4, 0.5) is 4.39 Å². The molecule has 1 N–H and O–H groups in total. The molecule has 3 heteroatoms. The molecule has 0 unspecified atom stereocenters. The summed E-state index contributed by atoms with van der Waals surface area (Å²) in [7, 11) is 0. The van der Waals surface area contributed by atoms with E-state index >= 15 is 0 Å². The van der Waals surface area contributed by atoms with Crippen LogP contribution in [-0.2, 0) is 0 Å². The number of benzene rings is 1. The van der Waals surface area contributed by atoms with Crippen molar-refractivity contribution in [3.8, 4) is 0 Å². The van der Waals surface area contributed by atoms with Crippen molar-refractivity contribution in [1.82, 2.24) is 0 Å². The number of carbonyl (C=O) groups is 1. The van der Waals surface area contributed by atoms with Crippen LogP contribution in [0.25, 0.3) is 6.08 Å². The Hall–Kier alpha value is -1.64. The van der Waals surface area contributed by atoms with E-state index in [2.05, 4.69) is 6.58 Å². The Morgan fingerprint density at radius 3 is 2.69 bits per heavy atom. The molecule has 0 bridgehead atoms. The van der Waals surface area contributed by atoms with E-state index in [4.69, 9.17) is 5.11 Å². The van der Waals surface area contributed by atoms with Gasteiger partial charge in [0.1, 0.15) is 5.82 Å². The van der Waals surface area contributed by atoms with Crippen LogP contribution in [-0.4, -0.2) is 11.1 Å². The second kappa shape index (κ2) is 3.39. The number of carboxylic acids is 1. The quantitative estimate of drug-likeness (QED) is 0.759. The molecule has 0 saturated heterocycles. The maximum absolute atomic E-state index is 13.3. The van der Waals surface area contributed by atoms with Gasteiger partial charge in [0.2, 0.25) is 0 Å². The van der Waals surface area contributed by atoms with Gasteiger partial charge in [0.05, 0.1) is 5.56 Å². The summed E-state index contributed by atoms with van der Waals surface area (Å²) in [6.07, 6.45) is 1.21. The molecule has 0 aliphatic rings. The zero-order valence-electron chi connectivity index (χ0n) is 7.17. The number of aromatic carboxylic acids is 1. The number of carboxylic acid groups (broad SMARTS) is 1. The molecule has 0 radical (unpaired) electrons. The van der Waals surface area contributed by atoms with Gasteiger partial charge in [-0.3, -0.25) is 0 Å². The molecule has 68 valence electrons. The first-order chi connectivity index (χ1) is 6.07. The molecule has 0 spiro atoms. The van der Waals surface area contributed by atoms with Crippen molar-refractivity contribution in [3.63, 3.8) is 0 Å². The predicted octanol–water partition coefficient (Wildman–Crippen LogP) is 2.48. The fourth-order valence-corrected chi connectivity index (χ4v) is 1.09. The molecule has 0 aromatic heterocycles. The SMILES string of the molecule is C=Cc1c(C(=O)O)ccc(C)c1F. The van der Waals surface area contributed by atoms with Crippen LogP contribution in [0.5, 0.6) is 0 Å². The fraction of sp³-hybridized carbons (Fsp3) is 0.100. The summed E-state index contributed by atoms with van der Waals surface area (Å²) < 4.78 is 13.3. The van der Waals surface area contributed by atoms with Crippen LogP contribution in [0.3, 0.4) is 0 Å². The van der Waals surface area contributed by atoms with Crippen LogP contribution in [0, 0.1) is 12.7 Å². The molecule has 0 amide bonds. The van der Waals surface area contributed by atoms with E-state index in [0.29, 0.717) is 5.56 Å². The summed E-state index contributed by atoms with van der Waals surface area (Å²) in [6, 6.07) is 2.81. The molecule has 0 fully saturated rings. The minimum absolute atomic E-state index is 0.0486. The van der Waals surface area contributed by atoms with E-state index in [1.807, 2.05) is 0 Å². The maximum atomic E-state index is 13.3. The molecule has 1 rings (SSSR count). The topological polar surface area (TPSA) is 37.3 Å². The molecule has 0 saturated carbocycles. The minimum atomic E-state index is -1.14. The molecule has 0 aliphatic heterocycles. The second-order valence-electron chi connectivity index (χ2n) is 2.67. The van der Waals surface area contributed by atoms with Gasteiger partial charge in [0, 0.05) is 5.56 Å². The first kappa shape index (κ1) is 9.45. The first-order valence-corrected chi connectivity index (χ1v) is 3.72. The van der Waals surface area contributed by atoms with E-state index < -0.39 is 11.8 Å². The highest BCUT2D eigenvalue weighted by atomic mass is 19.1. The van der Waals surface area contributed by atoms with Gasteiger partial charge in [-0.05, 0) is 18.6 Å². The van der Waals surface area contributed by atoms with Gasteiger partial charge in [0.25, 0.3) is 0 Å². The average Bonchev–Trinajstić information content (AvgIpc) is 2.09. The van der Waals surface area contributed by atoms with Gasteiger partial charge in [-0.25, -0.2) is 9.18 Å². The molecule has 0 heterocycles. The minimum Gasteiger partial charge on any atom is -0.478 e. The Bertz CT molecular complexity index is 369. The van der Waals surface area contributed by atoms with Gasteiger partial charge in [-0.15, -0.1) is 0 Å². The largest absolute Gasteiger partial charge is 0.478 e. The van der Waals surface area contributed by atoms with Crippen LogP contribution in [0.2, 0.25) is 0 Å². The van der Waals surface area contributed by atoms with E-state index in [1.165, 1.54) is 18.2 Å². The van der Waals surface area contributed by atoms with E-state index in [-0.39, 0.29) is 11.1 Å². The number of rotatable bonds is 2. The first-order valence-electron chi connectivity index (χ1n) is 3.72. The summed E-state index contributed by atoms with van der Waals surface area (Å²) >= 11 is 0. The fourth-order valence-electron chi connectivity index (χ4n) is 1.09. The molecular formula is C10H9FO2. The number of halogens is 1. The molecule has 1 aromatic rings. The van der Waals surface area contributed by atoms with Gasteiger partial charge in [0.15, 0.2) is 0 Å². The van der Waals surface area contributed by atoms with E-state index in [9.17, 15) is 9.18 Å². The van der Waals surface area contributed by atoms with Crippen molar-refractivity contribution in [2.45, 2.75) is 6.92 Å². The van der Waals surface area contributed by atoms with Gasteiger partial charge in [-0.1, -0.05) is 18.7 Å². The van der Waals surface area contributed by atoms with Crippen LogP contribution >= 0.6 is 0 Å². The average molecular weight is 180 g/mol. The van der Waals surface area contributed by atoms with Crippen molar-refractivity contribution in [3.05, 3.63) is 41.2 Å². The summed E-state index contributed by atoms with van der Waals surface area (Å²) in [4.78, 5) is 10.6. The Kier molecular flexibility index (Phi) is 2.46. The Morgan fingerprint density at radius 2 is 2.23 bits per heavy atom. The lowest BCUT2D eigenvalue weighted by atomic mass is 10.0. The van der Waals surface area contributed by atoms with Crippen molar-refractivity contribution in [1.29, 1.82) is 0 Å². The van der Waals surface area contributed by atoms with Crippen molar-refractivity contribution in [2.75, 3.05) is 0 Å². The zero-order valence-corrected chi connectivity index (χ0v) is 7.17. The van der Waals surface area contributed by atoms with Gasteiger partial charge in [-0.2, -0.15) is 0 Å². The Morgan fingerprint density at radius 1 is 1.62 bits per heavy atom. The smallest absolute Gasteiger partial charge is 0.336 e. The summed E-state index contributed by atoms with van der Waals surface area (Å²) in [5.74, 6) is -1.66. The Balaban J connectivity index is 3.47. The third-order valence-corrected chi connectivity index (χ3v) is 1.81.